The molecule has 0 spiro atoms. The molecule has 0 bridgehead atoms. The molecule has 0 amide bonds. The lowest BCUT2D eigenvalue weighted by molar-refractivity contribution is 0.101. The predicted molar refractivity (Wildman–Crippen MR) is 151 cm³/mol. The van der Waals surface area contributed by atoms with E-state index in [9.17, 15) is 4.79 Å². The van der Waals surface area contributed by atoms with Crippen LogP contribution in [0.15, 0.2) is 18.2 Å². The van der Waals surface area contributed by atoms with Crippen molar-refractivity contribution in [1.82, 2.24) is 9.78 Å². The molecule has 2 aliphatic rings. The largest absolute Gasteiger partial charge is 0.293 e. The van der Waals surface area contributed by atoms with Crippen molar-refractivity contribution in [1.29, 1.82) is 0 Å². The Morgan fingerprint density at radius 2 is 1.77 bits per heavy atom. The van der Waals surface area contributed by atoms with Crippen molar-refractivity contribution in [2.75, 3.05) is 0 Å². The first-order valence-corrected chi connectivity index (χ1v) is 14.4. The number of hydrogen-bond acceptors (Lipinski definition) is 2. The Morgan fingerprint density at radius 3 is 2.37 bits per heavy atom. The Bertz CT molecular complexity index is 935. The summed E-state index contributed by atoms with van der Waals surface area (Å²) in [5.41, 5.74) is 8.31. The molecule has 35 heavy (non-hydrogen) atoms. The number of fused-ring (bicyclic) bond motifs is 1. The van der Waals surface area contributed by atoms with Crippen molar-refractivity contribution in [3.63, 3.8) is 0 Å². The third kappa shape index (κ3) is 8.05. The number of benzene rings is 1. The molecule has 1 unspecified atom stereocenters. The van der Waals surface area contributed by atoms with Gasteiger partial charge in [0.05, 0.1) is 0 Å². The summed E-state index contributed by atoms with van der Waals surface area (Å²) in [7, 11) is 0. The number of ketones is 1. The Balaban J connectivity index is 0.000000231. The first-order valence-electron chi connectivity index (χ1n) is 14.4. The van der Waals surface area contributed by atoms with Crippen LogP contribution in [-0.2, 0) is 19.4 Å². The lowest BCUT2D eigenvalue weighted by Gasteiger charge is -2.20. The summed E-state index contributed by atoms with van der Waals surface area (Å²) < 4.78 is 2.12. The molecule has 1 atom stereocenters. The number of aryl methyl sites for hydroxylation is 1. The number of unbranched alkanes of at least 4 members (excludes halogenated alkanes) is 2. The van der Waals surface area contributed by atoms with Gasteiger partial charge in [-0.15, -0.1) is 0 Å². The fourth-order valence-electron chi connectivity index (χ4n) is 5.32. The van der Waals surface area contributed by atoms with E-state index in [1.165, 1.54) is 80.2 Å². The van der Waals surface area contributed by atoms with Gasteiger partial charge in [-0.3, -0.25) is 9.48 Å². The van der Waals surface area contributed by atoms with Gasteiger partial charge in [0.15, 0.2) is 5.78 Å². The number of carbonyl (C=O) groups is 1. The highest BCUT2D eigenvalue weighted by molar-refractivity contribution is 5.94. The second-order valence-corrected chi connectivity index (χ2v) is 10.9. The van der Waals surface area contributed by atoms with Crippen molar-refractivity contribution < 1.29 is 4.79 Å². The first kappa shape index (κ1) is 29.3. The Hall–Kier alpha value is -1.90. The minimum Gasteiger partial charge on any atom is -0.293 e. The highest BCUT2D eigenvalue weighted by Gasteiger charge is 2.39. The van der Waals surface area contributed by atoms with Crippen molar-refractivity contribution in [3.05, 3.63) is 51.8 Å². The van der Waals surface area contributed by atoms with Gasteiger partial charge in [-0.2, -0.15) is 5.10 Å². The standard InChI is InChI=1S/C17H28.C13H18N2O.C2H6/c1-5-7-8-12-16(10-6-2)17-13-9-11-14(3)15(17)4;1-9(16)12-10-4-3-5-11(10)15(14-12)8-13(2)6-7-13;1-2/h9,11,13,16H,5-8,10,12H2,1-4H3;3-8H2,1-2H3;1-2H3. The van der Waals surface area contributed by atoms with Gasteiger partial charge in [0, 0.05) is 24.7 Å². The molecule has 3 heteroatoms. The molecule has 1 aromatic carbocycles. The maximum Gasteiger partial charge on any atom is 0.180 e. The normalized spacial score (nSPS) is 15.9. The van der Waals surface area contributed by atoms with Crippen molar-refractivity contribution in [3.8, 4) is 0 Å². The van der Waals surface area contributed by atoms with Crippen LogP contribution in [0.4, 0.5) is 0 Å². The average Bonchev–Trinajstić information content (AvgIpc) is 3.22. The predicted octanol–water partition coefficient (Wildman–Crippen LogP) is 9.17. The molecule has 1 fully saturated rings. The van der Waals surface area contributed by atoms with Crippen LogP contribution in [0, 0.1) is 19.3 Å². The number of rotatable bonds is 10. The average molecular weight is 481 g/mol. The molecule has 196 valence electrons. The van der Waals surface area contributed by atoms with E-state index < -0.39 is 0 Å². The number of carbonyl (C=O) groups excluding carboxylic acids is 1. The third-order valence-corrected chi connectivity index (χ3v) is 7.85. The SMILES string of the molecule is CC.CC(=O)c1nn(CC2(C)CC2)c2c1CCC2.CCCCCC(CCC)c1cccc(C)c1C. The molecule has 2 aliphatic carbocycles. The van der Waals surface area contributed by atoms with Crippen LogP contribution >= 0.6 is 0 Å². The summed E-state index contributed by atoms with van der Waals surface area (Å²) in [5, 5.41) is 4.52. The quantitative estimate of drug-likeness (QED) is 0.251. The number of nitrogens with zero attached hydrogens (tertiary/aromatic N) is 2. The Labute approximate surface area is 216 Å². The summed E-state index contributed by atoms with van der Waals surface area (Å²) in [6, 6.07) is 6.79. The van der Waals surface area contributed by atoms with E-state index in [0.29, 0.717) is 5.41 Å². The van der Waals surface area contributed by atoms with Crippen LogP contribution in [0.5, 0.6) is 0 Å². The summed E-state index contributed by atoms with van der Waals surface area (Å²) in [6.45, 7) is 18.0. The van der Waals surface area contributed by atoms with Crippen LogP contribution in [0.25, 0.3) is 0 Å². The van der Waals surface area contributed by atoms with Crippen LogP contribution < -0.4 is 0 Å². The molecule has 1 heterocycles. The minimum absolute atomic E-state index is 0.123. The van der Waals surface area contributed by atoms with E-state index in [2.05, 4.69) is 62.6 Å². The molecule has 2 aromatic rings. The van der Waals surface area contributed by atoms with Gasteiger partial charge in [-0.25, -0.2) is 0 Å². The number of aromatic nitrogens is 2. The van der Waals surface area contributed by atoms with E-state index in [-0.39, 0.29) is 5.78 Å². The number of Topliss-reactive ketones (excluding diaryl/α,β-unsaturated/α-hetero) is 1. The molecule has 4 rings (SSSR count). The van der Waals surface area contributed by atoms with Gasteiger partial charge in [0.1, 0.15) is 5.69 Å². The van der Waals surface area contributed by atoms with Gasteiger partial charge in [0.2, 0.25) is 0 Å². The molecule has 0 N–H and O–H groups in total. The van der Waals surface area contributed by atoms with Gasteiger partial charge < -0.3 is 0 Å². The van der Waals surface area contributed by atoms with Gasteiger partial charge in [0.25, 0.3) is 0 Å². The molecule has 0 aliphatic heterocycles. The summed E-state index contributed by atoms with van der Waals surface area (Å²) >= 11 is 0. The van der Waals surface area contributed by atoms with E-state index in [1.807, 2.05) is 13.8 Å². The monoisotopic (exact) mass is 480 g/mol. The Kier molecular flexibility index (Phi) is 11.7. The highest BCUT2D eigenvalue weighted by atomic mass is 16.1. The second-order valence-electron chi connectivity index (χ2n) is 10.9. The van der Waals surface area contributed by atoms with E-state index in [1.54, 1.807) is 12.5 Å². The zero-order valence-corrected chi connectivity index (χ0v) is 24.1. The lowest BCUT2D eigenvalue weighted by Crippen LogP contribution is -2.12. The first-order chi connectivity index (χ1) is 16.8. The molecule has 3 nitrogen and oxygen atoms in total. The van der Waals surface area contributed by atoms with Crippen LogP contribution in [-0.4, -0.2) is 15.6 Å². The summed E-state index contributed by atoms with van der Waals surface area (Å²) in [6.07, 6.45) is 14.0. The Morgan fingerprint density at radius 1 is 1.06 bits per heavy atom. The van der Waals surface area contributed by atoms with E-state index in [0.717, 1.165) is 31.0 Å². The third-order valence-electron chi connectivity index (χ3n) is 7.85. The fourth-order valence-corrected chi connectivity index (χ4v) is 5.32. The molecule has 1 saturated carbocycles. The smallest absolute Gasteiger partial charge is 0.180 e. The lowest BCUT2D eigenvalue weighted by atomic mass is 9.85. The zero-order chi connectivity index (χ0) is 26.0. The molecule has 1 aromatic heterocycles. The molecule has 0 saturated heterocycles. The van der Waals surface area contributed by atoms with E-state index in [4.69, 9.17) is 0 Å². The van der Waals surface area contributed by atoms with Crippen LogP contribution in [0.2, 0.25) is 0 Å². The highest BCUT2D eigenvalue weighted by Crippen LogP contribution is 2.47. The molecular weight excluding hydrogens is 428 g/mol. The number of hydrogen-bond donors (Lipinski definition) is 0. The maximum atomic E-state index is 11.5. The second kappa shape index (κ2) is 14.0. The van der Waals surface area contributed by atoms with E-state index >= 15 is 0 Å². The fraction of sp³-hybridized carbons (Fsp3) is 0.688. The van der Waals surface area contributed by atoms with Gasteiger partial charge in [-0.1, -0.05) is 78.5 Å². The topological polar surface area (TPSA) is 34.9 Å². The van der Waals surface area contributed by atoms with Crippen LogP contribution in [0.1, 0.15) is 144 Å². The summed E-state index contributed by atoms with van der Waals surface area (Å²) in [4.78, 5) is 11.5. The molecular formula is C32H52N2O. The van der Waals surface area contributed by atoms with Crippen molar-refractivity contribution >= 4 is 5.78 Å². The maximum absolute atomic E-state index is 11.5. The van der Waals surface area contributed by atoms with Crippen molar-refractivity contribution in [2.45, 2.75) is 138 Å². The van der Waals surface area contributed by atoms with Crippen LogP contribution in [0.3, 0.4) is 0 Å². The molecule has 0 radical (unpaired) electrons. The summed E-state index contributed by atoms with van der Waals surface area (Å²) in [5.74, 6) is 0.907. The van der Waals surface area contributed by atoms with Gasteiger partial charge in [-0.05, 0) is 86.8 Å². The zero-order valence-electron chi connectivity index (χ0n) is 24.1. The minimum atomic E-state index is 0.123. The van der Waals surface area contributed by atoms with Gasteiger partial charge >= 0.3 is 0 Å². The van der Waals surface area contributed by atoms with Crippen molar-refractivity contribution in [2.24, 2.45) is 5.41 Å².